The summed E-state index contributed by atoms with van der Waals surface area (Å²) in [5, 5.41) is 14.2. The number of rotatable bonds is 3. The highest BCUT2D eigenvalue weighted by Gasteiger charge is 2.23. The number of aromatic nitrogens is 2. The standard InChI is InChI=1S/C11H7F3N2O3/c1-19-7-2-4(12)9(13)8(10(7)14)5-3-6(11(17)18)16-15-5/h2-3H,1H3,(H,15,16)(H,17,18). The van der Waals surface area contributed by atoms with E-state index < -0.39 is 34.7 Å². The second kappa shape index (κ2) is 4.63. The van der Waals surface area contributed by atoms with E-state index in [4.69, 9.17) is 5.11 Å². The molecule has 1 heterocycles. The zero-order valence-corrected chi connectivity index (χ0v) is 9.50. The minimum atomic E-state index is -1.47. The molecule has 0 aliphatic rings. The van der Waals surface area contributed by atoms with Gasteiger partial charge in [-0.15, -0.1) is 0 Å². The first kappa shape index (κ1) is 12.9. The fourth-order valence-electron chi connectivity index (χ4n) is 1.51. The van der Waals surface area contributed by atoms with Crippen molar-refractivity contribution >= 4 is 5.97 Å². The molecule has 2 N–H and O–H groups in total. The summed E-state index contributed by atoms with van der Waals surface area (Å²) in [5.41, 5.74) is -1.54. The molecule has 0 amide bonds. The Balaban J connectivity index is 2.66. The lowest BCUT2D eigenvalue weighted by Gasteiger charge is -2.07. The topological polar surface area (TPSA) is 75.2 Å². The first-order chi connectivity index (χ1) is 8.95. The van der Waals surface area contributed by atoms with Crippen molar-refractivity contribution in [1.82, 2.24) is 10.2 Å². The smallest absolute Gasteiger partial charge is 0.353 e. The van der Waals surface area contributed by atoms with Crippen LogP contribution in [0.2, 0.25) is 0 Å². The summed E-state index contributed by atoms with van der Waals surface area (Å²) < 4.78 is 45.3. The van der Waals surface area contributed by atoms with Gasteiger partial charge >= 0.3 is 5.97 Å². The van der Waals surface area contributed by atoms with Gasteiger partial charge in [-0.05, 0) is 6.07 Å². The monoisotopic (exact) mass is 272 g/mol. The van der Waals surface area contributed by atoms with Crippen LogP contribution >= 0.6 is 0 Å². The predicted octanol–water partition coefficient (Wildman–Crippen LogP) is 2.20. The van der Waals surface area contributed by atoms with E-state index in [1.807, 2.05) is 0 Å². The van der Waals surface area contributed by atoms with Gasteiger partial charge < -0.3 is 9.84 Å². The number of H-pyrrole nitrogens is 1. The summed E-state index contributed by atoms with van der Waals surface area (Å²) in [6.07, 6.45) is 0. The number of hydrogen-bond acceptors (Lipinski definition) is 3. The zero-order chi connectivity index (χ0) is 14.2. The van der Waals surface area contributed by atoms with Crippen molar-refractivity contribution in [2.75, 3.05) is 7.11 Å². The third kappa shape index (κ3) is 2.12. The molecule has 0 spiro atoms. The van der Waals surface area contributed by atoms with E-state index in [0.717, 1.165) is 13.2 Å². The molecule has 8 heteroatoms. The Kier molecular flexibility index (Phi) is 3.16. The van der Waals surface area contributed by atoms with Crippen LogP contribution in [0.5, 0.6) is 5.75 Å². The highest BCUT2D eigenvalue weighted by Crippen LogP contribution is 2.32. The molecule has 0 aliphatic carbocycles. The van der Waals surface area contributed by atoms with E-state index >= 15 is 0 Å². The number of carbonyl (C=O) groups is 1. The lowest BCUT2D eigenvalue weighted by Crippen LogP contribution is -1.99. The third-order valence-electron chi connectivity index (χ3n) is 2.41. The number of hydrogen-bond donors (Lipinski definition) is 2. The van der Waals surface area contributed by atoms with Crippen molar-refractivity contribution in [3.8, 4) is 17.0 Å². The molecular formula is C11H7F3N2O3. The van der Waals surface area contributed by atoms with E-state index in [1.165, 1.54) is 0 Å². The maximum atomic E-state index is 13.9. The molecule has 0 aliphatic heterocycles. The van der Waals surface area contributed by atoms with Gasteiger partial charge in [-0.3, -0.25) is 5.10 Å². The maximum absolute atomic E-state index is 13.9. The fourth-order valence-corrected chi connectivity index (χ4v) is 1.51. The molecule has 0 radical (unpaired) electrons. The molecule has 1 aromatic carbocycles. The number of carboxylic acids is 1. The van der Waals surface area contributed by atoms with Crippen LogP contribution in [0, 0.1) is 17.5 Å². The number of nitrogens with one attached hydrogen (secondary N) is 1. The summed E-state index contributed by atoms with van der Waals surface area (Å²) in [5.74, 6) is -5.82. The van der Waals surface area contributed by atoms with E-state index in [-0.39, 0.29) is 11.4 Å². The van der Waals surface area contributed by atoms with Crippen LogP contribution in [-0.4, -0.2) is 28.4 Å². The minimum absolute atomic E-state index is 0.370. The molecule has 0 bridgehead atoms. The molecule has 5 nitrogen and oxygen atoms in total. The van der Waals surface area contributed by atoms with Crippen molar-refractivity contribution in [3.05, 3.63) is 35.3 Å². The SMILES string of the molecule is COc1cc(F)c(F)c(-c2cc(C(=O)O)[nH]n2)c1F. The Morgan fingerprint density at radius 3 is 2.53 bits per heavy atom. The molecule has 2 aromatic rings. The van der Waals surface area contributed by atoms with Crippen molar-refractivity contribution in [3.63, 3.8) is 0 Å². The number of methoxy groups -OCH3 is 1. The number of aromatic amines is 1. The van der Waals surface area contributed by atoms with Crippen molar-refractivity contribution in [2.24, 2.45) is 0 Å². The summed E-state index contributed by atoms with van der Waals surface area (Å²) in [4.78, 5) is 10.6. The molecule has 0 saturated carbocycles. The highest BCUT2D eigenvalue weighted by molar-refractivity contribution is 5.87. The number of aromatic carboxylic acids is 1. The van der Waals surface area contributed by atoms with Crippen LogP contribution in [0.15, 0.2) is 12.1 Å². The van der Waals surface area contributed by atoms with Crippen LogP contribution in [0.1, 0.15) is 10.5 Å². The second-order valence-corrected chi connectivity index (χ2v) is 3.54. The normalized spacial score (nSPS) is 10.5. The molecular weight excluding hydrogens is 265 g/mol. The van der Waals surface area contributed by atoms with Gasteiger partial charge in [-0.1, -0.05) is 0 Å². The van der Waals surface area contributed by atoms with Crippen molar-refractivity contribution in [1.29, 1.82) is 0 Å². The molecule has 100 valence electrons. The number of halogens is 3. The average molecular weight is 272 g/mol. The van der Waals surface area contributed by atoms with Gasteiger partial charge in [0.1, 0.15) is 5.69 Å². The minimum Gasteiger partial charge on any atom is -0.494 e. The molecule has 0 unspecified atom stereocenters. The summed E-state index contributed by atoms with van der Waals surface area (Å²) >= 11 is 0. The Labute approximate surface area is 104 Å². The maximum Gasteiger partial charge on any atom is 0.353 e. The molecule has 19 heavy (non-hydrogen) atoms. The zero-order valence-electron chi connectivity index (χ0n) is 9.50. The van der Waals surface area contributed by atoms with E-state index in [2.05, 4.69) is 14.9 Å². The Morgan fingerprint density at radius 1 is 1.32 bits per heavy atom. The van der Waals surface area contributed by atoms with Crippen LogP contribution in [0.25, 0.3) is 11.3 Å². The largest absolute Gasteiger partial charge is 0.494 e. The summed E-state index contributed by atoms with van der Waals surface area (Å²) in [6.45, 7) is 0. The Morgan fingerprint density at radius 2 is 2.00 bits per heavy atom. The number of ether oxygens (including phenoxy) is 1. The first-order valence-corrected chi connectivity index (χ1v) is 4.96. The number of nitrogens with zero attached hydrogens (tertiary/aromatic N) is 1. The van der Waals surface area contributed by atoms with Crippen LogP contribution in [0.4, 0.5) is 13.2 Å². The molecule has 1 aromatic heterocycles. The van der Waals surface area contributed by atoms with Gasteiger partial charge in [-0.2, -0.15) is 5.10 Å². The van der Waals surface area contributed by atoms with Crippen molar-refractivity contribution in [2.45, 2.75) is 0 Å². The van der Waals surface area contributed by atoms with Gasteiger partial charge in [0, 0.05) is 6.07 Å². The van der Waals surface area contributed by atoms with Gasteiger partial charge in [0.15, 0.2) is 23.2 Å². The fraction of sp³-hybridized carbons (Fsp3) is 0.0909. The van der Waals surface area contributed by atoms with Gasteiger partial charge in [0.2, 0.25) is 0 Å². The lowest BCUT2D eigenvalue weighted by molar-refractivity contribution is 0.0690. The summed E-state index contributed by atoms with van der Waals surface area (Å²) in [7, 11) is 1.09. The number of carboxylic acid groups (broad SMARTS) is 1. The highest BCUT2D eigenvalue weighted by atomic mass is 19.2. The Hall–Kier alpha value is -2.51. The van der Waals surface area contributed by atoms with Gasteiger partial charge in [-0.25, -0.2) is 18.0 Å². The summed E-state index contributed by atoms with van der Waals surface area (Å²) in [6, 6.07) is 1.45. The molecule has 0 atom stereocenters. The average Bonchev–Trinajstić information content (AvgIpc) is 2.83. The van der Waals surface area contributed by atoms with Crippen LogP contribution < -0.4 is 4.74 Å². The van der Waals surface area contributed by atoms with Crippen LogP contribution in [0.3, 0.4) is 0 Å². The lowest BCUT2D eigenvalue weighted by atomic mass is 10.1. The molecule has 0 saturated heterocycles. The first-order valence-electron chi connectivity index (χ1n) is 4.96. The molecule has 0 fully saturated rings. The third-order valence-corrected chi connectivity index (χ3v) is 2.41. The Bertz CT molecular complexity index is 655. The second-order valence-electron chi connectivity index (χ2n) is 3.54. The van der Waals surface area contributed by atoms with E-state index in [1.54, 1.807) is 0 Å². The van der Waals surface area contributed by atoms with E-state index in [9.17, 15) is 18.0 Å². The van der Waals surface area contributed by atoms with Gasteiger partial charge in [0.05, 0.1) is 18.4 Å². The van der Waals surface area contributed by atoms with Crippen LogP contribution in [-0.2, 0) is 0 Å². The quantitative estimate of drug-likeness (QED) is 0.840. The predicted molar refractivity (Wildman–Crippen MR) is 57.4 cm³/mol. The molecule has 2 rings (SSSR count). The van der Waals surface area contributed by atoms with Gasteiger partial charge in [0.25, 0.3) is 0 Å². The van der Waals surface area contributed by atoms with Crippen molar-refractivity contribution < 1.29 is 27.8 Å². The number of benzene rings is 1. The van der Waals surface area contributed by atoms with E-state index in [0.29, 0.717) is 6.07 Å².